The molecule has 1 aliphatic heterocycles. The fourth-order valence-electron chi connectivity index (χ4n) is 2.27. The number of hydrogen-bond acceptors (Lipinski definition) is 6. The molecule has 1 aliphatic rings. The summed E-state index contributed by atoms with van der Waals surface area (Å²) >= 11 is 3.02. The molecule has 6 nitrogen and oxygen atoms in total. The summed E-state index contributed by atoms with van der Waals surface area (Å²) in [6, 6.07) is 9.63. The van der Waals surface area contributed by atoms with Gasteiger partial charge in [0.05, 0.1) is 24.4 Å². The van der Waals surface area contributed by atoms with Crippen molar-refractivity contribution in [1.82, 2.24) is 15.6 Å². The summed E-state index contributed by atoms with van der Waals surface area (Å²) in [7, 11) is 0. The van der Waals surface area contributed by atoms with Gasteiger partial charge in [-0.1, -0.05) is 42.1 Å². The van der Waals surface area contributed by atoms with Gasteiger partial charge in [-0.3, -0.25) is 0 Å². The summed E-state index contributed by atoms with van der Waals surface area (Å²) in [6.07, 6.45) is 0. The van der Waals surface area contributed by atoms with Crippen LogP contribution in [-0.2, 0) is 9.53 Å². The Morgan fingerprint density at radius 2 is 2.16 bits per heavy atom. The van der Waals surface area contributed by atoms with E-state index in [0.717, 1.165) is 15.6 Å². The molecule has 25 heavy (non-hydrogen) atoms. The molecule has 130 valence electrons. The molecule has 8 heteroatoms. The number of esters is 1. The maximum Gasteiger partial charge on any atom is 0.337 e. The quantitative estimate of drug-likeness (QED) is 0.599. The Labute approximate surface area is 153 Å². The molecule has 0 aliphatic carbocycles. The van der Waals surface area contributed by atoms with Crippen LogP contribution in [0.1, 0.15) is 6.92 Å². The highest BCUT2D eigenvalue weighted by molar-refractivity contribution is 8.01. The number of ether oxygens (including phenoxy) is 1. The van der Waals surface area contributed by atoms with Gasteiger partial charge in [-0.15, -0.1) is 11.3 Å². The average Bonchev–Trinajstić information content (AvgIpc) is 3.10. The van der Waals surface area contributed by atoms with Gasteiger partial charge in [0, 0.05) is 22.4 Å². The van der Waals surface area contributed by atoms with Crippen molar-refractivity contribution in [1.29, 1.82) is 0 Å². The molecular weight excluding hydrogens is 358 g/mol. The van der Waals surface area contributed by atoms with Gasteiger partial charge in [0.1, 0.15) is 0 Å². The largest absolute Gasteiger partial charge is 0.463 e. The second-order valence-corrected chi connectivity index (χ2v) is 7.22. The lowest BCUT2D eigenvalue weighted by Gasteiger charge is -2.20. The summed E-state index contributed by atoms with van der Waals surface area (Å²) < 4.78 is 5.93. The molecule has 1 aromatic carbocycles. The number of benzene rings is 1. The van der Waals surface area contributed by atoms with Crippen LogP contribution in [0.25, 0.3) is 11.3 Å². The summed E-state index contributed by atoms with van der Waals surface area (Å²) in [4.78, 5) is 28.2. The molecule has 2 heterocycles. The van der Waals surface area contributed by atoms with Crippen LogP contribution in [0.5, 0.6) is 0 Å². The first-order chi connectivity index (χ1) is 12.2. The van der Waals surface area contributed by atoms with Crippen LogP contribution in [0, 0.1) is 0 Å². The van der Waals surface area contributed by atoms with Crippen LogP contribution in [0.4, 0.5) is 4.79 Å². The molecule has 0 saturated carbocycles. The van der Waals surface area contributed by atoms with E-state index in [4.69, 9.17) is 4.74 Å². The van der Waals surface area contributed by atoms with Crippen molar-refractivity contribution in [2.45, 2.75) is 11.3 Å². The minimum atomic E-state index is -0.408. The van der Waals surface area contributed by atoms with Crippen LogP contribution in [0.2, 0.25) is 0 Å². The first-order valence-electron chi connectivity index (χ1n) is 7.75. The summed E-state index contributed by atoms with van der Waals surface area (Å²) in [5, 5.41) is 7.29. The highest BCUT2D eigenvalue weighted by Crippen LogP contribution is 2.29. The number of carbonyl (C=O) groups excluding carboxylic acids is 2. The van der Waals surface area contributed by atoms with Gasteiger partial charge in [0.15, 0.2) is 4.34 Å². The number of nitrogens with zero attached hydrogens (tertiary/aromatic N) is 1. The second-order valence-electron chi connectivity index (χ2n) is 5.14. The second kappa shape index (κ2) is 8.17. The molecule has 1 aromatic heterocycles. The Morgan fingerprint density at radius 3 is 2.92 bits per heavy atom. The first kappa shape index (κ1) is 17.5. The Hall–Kier alpha value is -2.32. The highest BCUT2D eigenvalue weighted by Gasteiger charge is 2.23. The molecule has 0 atom stereocenters. The van der Waals surface area contributed by atoms with E-state index in [1.165, 1.54) is 23.1 Å². The van der Waals surface area contributed by atoms with Crippen LogP contribution < -0.4 is 10.6 Å². The number of rotatable bonds is 6. The van der Waals surface area contributed by atoms with E-state index in [1.54, 1.807) is 6.92 Å². The SMILES string of the molecule is CCOC(=O)C1=C(CSc2nc(-c3ccccc3)cs2)NC(=O)NC1. The van der Waals surface area contributed by atoms with E-state index in [0.29, 0.717) is 23.6 Å². The normalized spacial score (nSPS) is 14.0. The maximum atomic E-state index is 12.0. The lowest BCUT2D eigenvalue weighted by Crippen LogP contribution is -2.44. The van der Waals surface area contributed by atoms with Gasteiger partial charge in [0.25, 0.3) is 0 Å². The zero-order valence-electron chi connectivity index (χ0n) is 13.6. The smallest absolute Gasteiger partial charge is 0.337 e. The van der Waals surface area contributed by atoms with Crippen molar-refractivity contribution >= 4 is 35.1 Å². The van der Waals surface area contributed by atoms with E-state index >= 15 is 0 Å². The van der Waals surface area contributed by atoms with Crippen molar-refractivity contribution in [2.75, 3.05) is 18.9 Å². The number of thioether (sulfide) groups is 1. The maximum absolute atomic E-state index is 12.0. The fourth-order valence-corrected chi connectivity index (χ4v) is 4.09. The van der Waals surface area contributed by atoms with E-state index < -0.39 is 5.97 Å². The van der Waals surface area contributed by atoms with Gasteiger partial charge < -0.3 is 15.4 Å². The Bertz CT molecular complexity index is 802. The van der Waals surface area contributed by atoms with Crippen molar-refractivity contribution in [2.24, 2.45) is 0 Å². The third-order valence-electron chi connectivity index (χ3n) is 3.47. The number of nitrogens with one attached hydrogen (secondary N) is 2. The molecule has 0 fully saturated rings. The topological polar surface area (TPSA) is 80.3 Å². The van der Waals surface area contributed by atoms with Crippen molar-refractivity contribution in [3.8, 4) is 11.3 Å². The third-order valence-corrected chi connectivity index (χ3v) is 5.52. The van der Waals surface area contributed by atoms with Crippen LogP contribution in [0.3, 0.4) is 0 Å². The number of amides is 2. The summed E-state index contributed by atoms with van der Waals surface area (Å²) in [6.45, 7) is 2.22. The molecule has 0 saturated heterocycles. The zero-order valence-corrected chi connectivity index (χ0v) is 15.2. The molecule has 0 unspecified atom stereocenters. The molecular formula is C17H17N3O3S2. The fraction of sp³-hybridized carbons (Fsp3) is 0.235. The number of urea groups is 1. The number of carbonyl (C=O) groups is 2. The Morgan fingerprint density at radius 1 is 1.36 bits per heavy atom. The monoisotopic (exact) mass is 375 g/mol. The van der Waals surface area contributed by atoms with Gasteiger partial charge in [-0.05, 0) is 6.92 Å². The van der Waals surface area contributed by atoms with E-state index in [2.05, 4.69) is 15.6 Å². The highest BCUT2D eigenvalue weighted by atomic mass is 32.2. The molecule has 2 aromatic rings. The van der Waals surface area contributed by atoms with Gasteiger partial charge in [-0.25, -0.2) is 14.6 Å². The van der Waals surface area contributed by atoms with Crippen molar-refractivity contribution < 1.29 is 14.3 Å². The molecule has 0 spiro atoms. The predicted octanol–water partition coefficient (Wildman–Crippen LogP) is 3.03. The zero-order chi connectivity index (χ0) is 17.6. The number of thiazole rings is 1. The Balaban J connectivity index is 1.71. The van der Waals surface area contributed by atoms with Crippen molar-refractivity contribution in [3.63, 3.8) is 0 Å². The molecule has 2 N–H and O–H groups in total. The molecule has 0 bridgehead atoms. The minimum absolute atomic E-state index is 0.174. The van der Waals surface area contributed by atoms with Crippen LogP contribution in [0.15, 0.2) is 51.3 Å². The summed E-state index contributed by atoms with van der Waals surface area (Å²) in [5.41, 5.74) is 3.01. The lowest BCUT2D eigenvalue weighted by molar-refractivity contribution is -0.138. The number of hydrogen-bond donors (Lipinski definition) is 2. The van der Waals surface area contributed by atoms with Gasteiger partial charge in [0.2, 0.25) is 0 Å². The third kappa shape index (κ3) is 4.40. The lowest BCUT2D eigenvalue weighted by atomic mass is 10.2. The summed E-state index contributed by atoms with van der Waals surface area (Å²) in [5.74, 6) is 0.0401. The molecule has 3 rings (SSSR count). The number of aromatic nitrogens is 1. The molecule has 0 radical (unpaired) electrons. The van der Waals surface area contributed by atoms with Gasteiger partial charge in [-0.2, -0.15) is 0 Å². The van der Waals surface area contributed by atoms with Gasteiger partial charge >= 0.3 is 12.0 Å². The Kier molecular flexibility index (Phi) is 5.72. The first-order valence-corrected chi connectivity index (χ1v) is 9.61. The molecule has 2 amide bonds. The van der Waals surface area contributed by atoms with Crippen molar-refractivity contribution in [3.05, 3.63) is 47.0 Å². The van der Waals surface area contributed by atoms with Crippen LogP contribution in [-0.4, -0.2) is 35.9 Å². The minimum Gasteiger partial charge on any atom is -0.463 e. The standard InChI is InChI=1S/C17H17N3O3S2/c1-2-23-15(21)12-8-18-16(22)19-14(12)10-25-17-20-13(9-24-17)11-6-4-3-5-7-11/h3-7,9H,2,8,10H2,1H3,(H2,18,19,22). The van der Waals surface area contributed by atoms with Crippen LogP contribution >= 0.6 is 23.1 Å². The van der Waals surface area contributed by atoms with E-state index in [9.17, 15) is 9.59 Å². The van der Waals surface area contributed by atoms with E-state index in [1.807, 2.05) is 35.7 Å². The van der Waals surface area contributed by atoms with E-state index in [-0.39, 0.29) is 12.6 Å². The predicted molar refractivity (Wildman–Crippen MR) is 98.5 cm³/mol. The average molecular weight is 375 g/mol.